The van der Waals surface area contributed by atoms with Crippen LogP contribution in [0.25, 0.3) is 0 Å². The number of ketones is 2. The van der Waals surface area contributed by atoms with Crippen molar-refractivity contribution in [2.24, 2.45) is 5.92 Å². The molecule has 1 aromatic carbocycles. The van der Waals surface area contributed by atoms with Crippen molar-refractivity contribution in [3.05, 3.63) is 35.4 Å². The highest BCUT2D eigenvalue weighted by Crippen LogP contribution is 2.10. The van der Waals surface area contributed by atoms with Crippen molar-refractivity contribution in [3.63, 3.8) is 0 Å². The highest BCUT2D eigenvalue weighted by molar-refractivity contribution is 6.08. The van der Waals surface area contributed by atoms with Gasteiger partial charge in [0.15, 0.2) is 5.78 Å². The lowest BCUT2D eigenvalue weighted by Crippen LogP contribution is -2.15. The molecule has 1 aromatic rings. The largest absolute Gasteiger partial charge is 0.299 e. The van der Waals surface area contributed by atoms with Crippen LogP contribution >= 0.6 is 0 Å². The maximum atomic E-state index is 11.8. The van der Waals surface area contributed by atoms with Gasteiger partial charge in [-0.15, -0.1) is 0 Å². The Morgan fingerprint density at radius 3 is 2.25 bits per heavy atom. The summed E-state index contributed by atoms with van der Waals surface area (Å²) in [4.78, 5) is 23.4. The molecule has 0 spiro atoms. The third-order valence-electron chi connectivity index (χ3n) is 2.87. The third kappa shape index (κ3) is 3.30. The van der Waals surface area contributed by atoms with E-state index in [9.17, 15) is 9.59 Å². The van der Waals surface area contributed by atoms with E-state index in [-0.39, 0.29) is 23.9 Å². The number of Topliss-reactive ketones (excluding diaryl/α,β-unsaturated/α-hetero) is 2. The number of hydrogen-bond acceptors (Lipinski definition) is 2. The number of benzene rings is 1. The molecule has 0 aliphatic rings. The minimum atomic E-state index is -0.0784. The summed E-state index contributed by atoms with van der Waals surface area (Å²) in [5, 5.41) is 0. The van der Waals surface area contributed by atoms with Gasteiger partial charge in [0.25, 0.3) is 0 Å². The van der Waals surface area contributed by atoms with Gasteiger partial charge in [0.1, 0.15) is 5.78 Å². The Labute approximate surface area is 96.7 Å². The molecule has 86 valence electrons. The standard InChI is InChI=1S/C14H18O2/c1-4-11(3)13(15)9-14(16)12-7-5-10(2)6-8-12/h5-8,11H,4,9H2,1-3H3. The van der Waals surface area contributed by atoms with Gasteiger partial charge >= 0.3 is 0 Å². The Bertz CT molecular complexity index is 376. The molecule has 0 saturated carbocycles. The highest BCUT2D eigenvalue weighted by atomic mass is 16.1. The second kappa shape index (κ2) is 5.59. The lowest BCUT2D eigenvalue weighted by molar-refractivity contribution is -0.121. The average Bonchev–Trinajstić information content (AvgIpc) is 2.28. The van der Waals surface area contributed by atoms with Crippen molar-refractivity contribution in [1.29, 1.82) is 0 Å². The lowest BCUT2D eigenvalue weighted by atomic mass is 9.96. The van der Waals surface area contributed by atoms with Crippen LogP contribution in [0.5, 0.6) is 0 Å². The van der Waals surface area contributed by atoms with Crippen LogP contribution in [0.1, 0.15) is 42.6 Å². The first-order valence-electron chi connectivity index (χ1n) is 5.67. The molecule has 0 N–H and O–H groups in total. The molecule has 0 heterocycles. The molecule has 2 heteroatoms. The quantitative estimate of drug-likeness (QED) is 0.562. The van der Waals surface area contributed by atoms with Crippen LogP contribution < -0.4 is 0 Å². The van der Waals surface area contributed by atoms with Gasteiger partial charge < -0.3 is 0 Å². The Kier molecular flexibility index (Phi) is 4.41. The van der Waals surface area contributed by atoms with Gasteiger partial charge in [0.2, 0.25) is 0 Å². The molecule has 0 aliphatic carbocycles. The van der Waals surface area contributed by atoms with Gasteiger partial charge in [-0.2, -0.15) is 0 Å². The van der Waals surface area contributed by atoms with E-state index in [1.807, 2.05) is 32.9 Å². The number of carbonyl (C=O) groups is 2. The SMILES string of the molecule is CCC(C)C(=O)CC(=O)c1ccc(C)cc1. The summed E-state index contributed by atoms with van der Waals surface area (Å²) in [6.45, 7) is 5.79. The second-order valence-electron chi connectivity index (χ2n) is 4.24. The molecular formula is C14H18O2. The number of aryl methyl sites for hydroxylation is 1. The van der Waals surface area contributed by atoms with Crippen molar-refractivity contribution in [2.45, 2.75) is 33.6 Å². The summed E-state index contributed by atoms with van der Waals surface area (Å²) < 4.78 is 0. The summed E-state index contributed by atoms with van der Waals surface area (Å²) >= 11 is 0. The van der Waals surface area contributed by atoms with E-state index >= 15 is 0 Å². The molecule has 1 rings (SSSR count). The fraction of sp³-hybridized carbons (Fsp3) is 0.429. The molecule has 0 radical (unpaired) electrons. The Balaban J connectivity index is 2.66. The van der Waals surface area contributed by atoms with Crippen LogP contribution in [0.3, 0.4) is 0 Å². The fourth-order valence-electron chi connectivity index (χ4n) is 1.40. The Morgan fingerprint density at radius 2 is 1.75 bits per heavy atom. The predicted octanol–water partition coefficient (Wildman–Crippen LogP) is 3.18. The summed E-state index contributed by atoms with van der Waals surface area (Å²) in [7, 11) is 0. The summed E-state index contributed by atoms with van der Waals surface area (Å²) in [6.07, 6.45) is 0.818. The van der Waals surface area contributed by atoms with E-state index in [2.05, 4.69) is 0 Å². The van der Waals surface area contributed by atoms with Crippen LogP contribution in [0.2, 0.25) is 0 Å². The van der Waals surface area contributed by atoms with Crippen molar-refractivity contribution in [1.82, 2.24) is 0 Å². The van der Waals surface area contributed by atoms with E-state index < -0.39 is 0 Å². The molecule has 0 amide bonds. The maximum Gasteiger partial charge on any atom is 0.170 e. The van der Waals surface area contributed by atoms with Crippen LogP contribution in [0.4, 0.5) is 0 Å². The van der Waals surface area contributed by atoms with Crippen LogP contribution in [0.15, 0.2) is 24.3 Å². The van der Waals surface area contributed by atoms with Crippen molar-refractivity contribution in [2.75, 3.05) is 0 Å². The second-order valence-corrected chi connectivity index (χ2v) is 4.24. The van der Waals surface area contributed by atoms with Crippen molar-refractivity contribution >= 4 is 11.6 Å². The van der Waals surface area contributed by atoms with E-state index in [0.29, 0.717) is 5.56 Å². The number of rotatable bonds is 5. The zero-order chi connectivity index (χ0) is 12.1. The molecular weight excluding hydrogens is 200 g/mol. The lowest BCUT2D eigenvalue weighted by Gasteiger charge is -2.06. The summed E-state index contributed by atoms with van der Waals surface area (Å²) in [5.41, 5.74) is 1.74. The van der Waals surface area contributed by atoms with Crippen molar-refractivity contribution in [3.8, 4) is 0 Å². The van der Waals surface area contributed by atoms with Crippen LogP contribution in [-0.2, 0) is 4.79 Å². The zero-order valence-electron chi connectivity index (χ0n) is 10.1. The molecule has 0 bridgehead atoms. The highest BCUT2D eigenvalue weighted by Gasteiger charge is 2.16. The summed E-state index contributed by atoms with van der Waals surface area (Å²) in [6, 6.07) is 7.34. The Hall–Kier alpha value is -1.44. The fourth-order valence-corrected chi connectivity index (χ4v) is 1.40. The van der Waals surface area contributed by atoms with Gasteiger partial charge in [0, 0.05) is 11.5 Å². The number of carbonyl (C=O) groups excluding carboxylic acids is 2. The van der Waals surface area contributed by atoms with Gasteiger partial charge in [0.05, 0.1) is 6.42 Å². The maximum absolute atomic E-state index is 11.8. The predicted molar refractivity (Wildman–Crippen MR) is 64.6 cm³/mol. The van der Waals surface area contributed by atoms with E-state index in [4.69, 9.17) is 0 Å². The molecule has 0 aliphatic heterocycles. The molecule has 1 atom stereocenters. The van der Waals surface area contributed by atoms with Gasteiger partial charge in [-0.1, -0.05) is 43.7 Å². The van der Waals surface area contributed by atoms with Crippen LogP contribution in [0, 0.1) is 12.8 Å². The summed E-state index contributed by atoms with van der Waals surface area (Å²) in [5.74, 6) is -0.0622. The molecule has 0 aromatic heterocycles. The van der Waals surface area contributed by atoms with E-state index in [0.717, 1.165) is 12.0 Å². The molecule has 2 nitrogen and oxygen atoms in total. The van der Waals surface area contributed by atoms with Crippen molar-refractivity contribution < 1.29 is 9.59 Å². The van der Waals surface area contributed by atoms with Gasteiger partial charge in [-0.05, 0) is 13.3 Å². The van der Waals surface area contributed by atoms with Gasteiger partial charge in [-0.25, -0.2) is 0 Å². The first-order chi connectivity index (χ1) is 7.54. The molecule has 16 heavy (non-hydrogen) atoms. The normalized spacial score (nSPS) is 12.2. The first kappa shape index (κ1) is 12.6. The molecule has 0 saturated heterocycles. The average molecular weight is 218 g/mol. The first-order valence-corrected chi connectivity index (χ1v) is 5.67. The molecule has 1 unspecified atom stereocenters. The number of hydrogen-bond donors (Lipinski definition) is 0. The minimum absolute atomic E-state index is 0.0191. The topological polar surface area (TPSA) is 34.1 Å². The Morgan fingerprint density at radius 1 is 1.19 bits per heavy atom. The minimum Gasteiger partial charge on any atom is -0.299 e. The van der Waals surface area contributed by atoms with Gasteiger partial charge in [-0.3, -0.25) is 9.59 Å². The van der Waals surface area contributed by atoms with E-state index in [1.54, 1.807) is 12.1 Å². The zero-order valence-corrected chi connectivity index (χ0v) is 10.1. The monoisotopic (exact) mass is 218 g/mol. The van der Waals surface area contributed by atoms with Crippen LogP contribution in [-0.4, -0.2) is 11.6 Å². The smallest absolute Gasteiger partial charge is 0.170 e. The molecule has 0 fully saturated rings. The third-order valence-corrected chi connectivity index (χ3v) is 2.87. The van der Waals surface area contributed by atoms with E-state index in [1.165, 1.54) is 0 Å².